The molecule has 3 rings (SSSR count). The van der Waals surface area contributed by atoms with Crippen molar-refractivity contribution in [2.45, 2.75) is 25.8 Å². The van der Waals surface area contributed by atoms with E-state index in [4.69, 9.17) is 0 Å². The molecule has 0 atom stereocenters. The molecule has 2 amide bonds. The van der Waals surface area contributed by atoms with Crippen LogP contribution in [0.5, 0.6) is 17.2 Å². The number of hydrogen-bond acceptors (Lipinski definition) is 5. The van der Waals surface area contributed by atoms with Crippen LogP contribution in [0.25, 0.3) is 0 Å². The maximum Gasteiger partial charge on any atom is 0.254 e. The van der Waals surface area contributed by atoms with Gasteiger partial charge in [0.05, 0.1) is 0 Å². The summed E-state index contributed by atoms with van der Waals surface area (Å²) in [5.74, 6) is -2.23. The van der Waals surface area contributed by atoms with E-state index in [1.54, 1.807) is 4.90 Å². The van der Waals surface area contributed by atoms with Crippen LogP contribution in [-0.4, -0.2) is 51.2 Å². The van der Waals surface area contributed by atoms with Gasteiger partial charge >= 0.3 is 0 Å². The summed E-state index contributed by atoms with van der Waals surface area (Å²) < 4.78 is 0. The smallest absolute Gasteiger partial charge is 0.254 e. The molecule has 0 aromatic heterocycles. The summed E-state index contributed by atoms with van der Waals surface area (Å²) in [6.07, 6.45) is 1.22. The Morgan fingerprint density at radius 2 is 1.63 bits per heavy atom. The standard InChI is InChI=1S/C20H22N2O5/c1-12-4-2-3-5-15(12)20(27)22-8-6-14(7-9-22)21-19(26)13-10-16(23)18(25)17(24)11-13/h2-5,10-11,14,23-25H,6-9H2,1H3,(H,21,26). The third kappa shape index (κ3) is 3.97. The minimum Gasteiger partial charge on any atom is -0.504 e. The predicted octanol–water partition coefficient (Wildman–Crippen LogP) is 2.15. The van der Waals surface area contributed by atoms with E-state index in [2.05, 4.69) is 5.32 Å². The lowest BCUT2D eigenvalue weighted by molar-refractivity contribution is 0.0697. The van der Waals surface area contributed by atoms with Crippen molar-refractivity contribution in [1.82, 2.24) is 10.2 Å². The first-order valence-electron chi connectivity index (χ1n) is 8.77. The van der Waals surface area contributed by atoms with Crippen molar-refractivity contribution in [3.05, 3.63) is 53.1 Å². The topological polar surface area (TPSA) is 110 Å². The number of carbonyl (C=O) groups excluding carboxylic acids is 2. The van der Waals surface area contributed by atoms with Gasteiger partial charge in [0.25, 0.3) is 11.8 Å². The van der Waals surface area contributed by atoms with Crippen molar-refractivity contribution in [3.8, 4) is 17.2 Å². The molecule has 7 nitrogen and oxygen atoms in total. The summed E-state index contributed by atoms with van der Waals surface area (Å²) in [5, 5.41) is 31.3. The fraction of sp³-hybridized carbons (Fsp3) is 0.300. The van der Waals surface area contributed by atoms with E-state index < -0.39 is 23.2 Å². The van der Waals surface area contributed by atoms with Crippen LogP contribution < -0.4 is 5.32 Å². The Labute approximate surface area is 156 Å². The van der Waals surface area contributed by atoms with Crippen molar-refractivity contribution < 1.29 is 24.9 Å². The molecule has 0 spiro atoms. The Morgan fingerprint density at radius 3 is 2.22 bits per heavy atom. The molecule has 0 unspecified atom stereocenters. The summed E-state index contributed by atoms with van der Waals surface area (Å²) in [4.78, 5) is 26.7. The predicted molar refractivity (Wildman–Crippen MR) is 99.0 cm³/mol. The number of rotatable bonds is 3. The summed E-state index contributed by atoms with van der Waals surface area (Å²) in [6.45, 7) is 2.97. The van der Waals surface area contributed by atoms with Gasteiger partial charge in [-0.25, -0.2) is 0 Å². The summed E-state index contributed by atoms with van der Waals surface area (Å²) in [6, 6.07) is 9.54. The molecule has 1 fully saturated rings. The number of nitrogens with one attached hydrogen (secondary N) is 1. The number of phenolic OH excluding ortho intramolecular Hbond substituents is 3. The van der Waals surface area contributed by atoms with E-state index in [9.17, 15) is 24.9 Å². The van der Waals surface area contributed by atoms with E-state index in [-0.39, 0.29) is 17.5 Å². The zero-order chi connectivity index (χ0) is 19.6. The normalized spacial score (nSPS) is 14.8. The van der Waals surface area contributed by atoms with Gasteiger partial charge in [-0.2, -0.15) is 0 Å². The first-order valence-corrected chi connectivity index (χ1v) is 8.77. The van der Waals surface area contributed by atoms with Crippen LogP contribution in [0.3, 0.4) is 0 Å². The molecule has 27 heavy (non-hydrogen) atoms. The highest BCUT2D eigenvalue weighted by Crippen LogP contribution is 2.35. The lowest BCUT2D eigenvalue weighted by Gasteiger charge is -2.32. The van der Waals surface area contributed by atoms with Gasteiger partial charge in [0.15, 0.2) is 17.2 Å². The molecule has 1 aliphatic rings. The van der Waals surface area contributed by atoms with Gasteiger partial charge in [-0.05, 0) is 43.5 Å². The molecular formula is C20H22N2O5. The van der Waals surface area contributed by atoms with Crippen LogP contribution in [0.4, 0.5) is 0 Å². The molecule has 0 aliphatic carbocycles. The highest BCUT2D eigenvalue weighted by Gasteiger charge is 2.26. The molecule has 4 N–H and O–H groups in total. The zero-order valence-electron chi connectivity index (χ0n) is 15.0. The Kier molecular flexibility index (Phi) is 5.21. The second kappa shape index (κ2) is 7.57. The van der Waals surface area contributed by atoms with Gasteiger partial charge in [0, 0.05) is 30.3 Å². The Balaban J connectivity index is 1.59. The molecule has 0 bridgehead atoms. The van der Waals surface area contributed by atoms with Crippen LogP contribution in [0.1, 0.15) is 39.1 Å². The molecular weight excluding hydrogens is 348 g/mol. The summed E-state index contributed by atoms with van der Waals surface area (Å²) >= 11 is 0. The van der Waals surface area contributed by atoms with Gasteiger partial charge in [0.1, 0.15) is 0 Å². The monoisotopic (exact) mass is 370 g/mol. The second-order valence-corrected chi connectivity index (χ2v) is 6.72. The second-order valence-electron chi connectivity index (χ2n) is 6.72. The molecule has 2 aromatic rings. The van der Waals surface area contributed by atoms with E-state index in [0.717, 1.165) is 17.7 Å². The number of hydrogen-bond donors (Lipinski definition) is 4. The third-order valence-corrected chi connectivity index (χ3v) is 4.82. The fourth-order valence-electron chi connectivity index (χ4n) is 3.21. The van der Waals surface area contributed by atoms with E-state index in [1.165, 1.54) is 0 Å². The number of aryl methyl sites for hydroxylation is 1. The average molecular weight is 370 g/mol. The minimum atomic E-state index is -0.658. The third-order valence-electron chi connectivity index (χ3n) is 4.82. The van der Waals surface area contributed by atoms with Crippen molar-refractivity contribution in [2.75, 3.05) is 13.1 Å². The number of piperidine rings is 1. The lowest BCUT2D eigenvalue weighted by atomic mass is 10.0. The average Bonchev–Trinajstić information content (AvgIpc) is 2.66. The number of likely N-dealkylation sites (tertiary alicyclic amines) is 1. The molecule has 1 heterocycles. The molecule has 1 aliphatic heterocycles. The number of aromatic hydroxyl groups is 3. The van der Waals surface area contributed by atoms with Crippen LogP contribution in [-0.2, 0) is 0 Å². The van der Waals surface area contributed by atoms with Gasteiger partial charge in [0.2, 0.25) is 0 Å². The van der Waals surface area contributed by atoms with E-state index in [1.807, 2.05) is 31.2 Å². The van der Waals surface area contributed by atoms with Gasteiger partial charge in [-0.1, -0.05) is 18.2 Å². The molecule has 1 saturated heterocycles. The van der Waals surface area contributed by atoms with Crippen molar-refractivity contribution in [2.24, 2.45) is 0 Å². The van der Waals surface area contributed by atoms with Crippen LogP contribution in [0.15, 0.2) is 36.4 Å². The highest BCUT2D eigenvalue weighted by molar-refractivity contribution is 5.96. The number of carbonyl (C=O) groups is 2. The lowest BCUT2D eigenvalue weighted by Crippen LogP contribution is -2.46. The molecule has 142 valence electrons. The quantitative estimate of drug-likeness (QED) is 0.619. The van der Waals surface area contributed by atoms with Crippen LogP contribution in [0, 0.1) is 6.92 Å². The van der Waals surface area contributed by atoms with E-state index >= 15 is 0 Å². The number of amides is 2. The largest absolute Gasteiger partial charge is 0.504 e. The Morgan fingerprint density at radius 1 is 1.04 bits per heavy atom. The molecule has 7 heteroatoms. The Hall–Kier alpha value is -3.22. The van der Waals surface area contributed by atoms with Crippen molar-refractivity contribution in [3.63, 3.8) is 0 Å². The highest BCUT2D eigenvalue weighted by atomic mass is 16.3. The zero-order valence-corrected chi connectivity index (χ0v) is 15.0. The summed E-state index contributed by atoms with van der Waals surface area (Å²) in [7, 11) is 0. The maximum atomic E-state index is 12.6. The van der Waals surface area contributed by atoms with E-state index in [0.29, 0.717) is 31.5 Å². The first-order chi connectivity index (χ1) is 12.9. The molecule has 0 saturated carbocycles. The molecule has 2 aromatic carbocycles. The summed E-state index contributed by atoms with van der Waals surface area (Å²) in [5.41, 5.74) is 1.68. The Bertz CT molecular complexity index is 849. The fourth-order valence-corrected chi connectivity index (χ4v) is 3.21. The van der Waals surface area contributed by atoms with Crippen LogP contribution >= 0.6 is 0 Å². The van der Waals surface area contributed by atoms with Crippen LogP contribution in [0.2, 0.25) is 0 Å². The minimum absolute atomic E-state index is 0.00810. The SMILES string of the molecule is Cc1ccccc1C(=O)N1CCC(NC(=O)c2cc(O)c(O)c(O)c2)CC1. The number of phenols is 3. The van der Waals surface area contributed by atoms with Crippen molar-refractivity contribution >= 4 is 11.8 Å². The van der Waals surface area contributed by atoms with Gasteiger partial charge in [-0.3, -0.25) is 9.59 Å². The number of benzene rings is 2. The number of nitrogens with zero attached hydrogens (tertiary/aromatic N) is 1. The first kappa shape index (κ1) is 18.6. The van der Waals surface area contributed by atoms with Gasteiger partial charge in [-0.15, -0.1) is 0 Å². The van der Waals surface area contributed by atoms with Crippen molar-refractivity contribution in [1.29, 1.82) is 0 Å². The maximum absolute atomic E-state index is 12.6. The van der Waals surface area contributed by atoms with Gasteiger partial charge < -0.3 is 25.5 Å². The molecule has 0 radical (unpaired) electrons.